The van der Waals surface area contributed by atoms with Gasteiger partial charge in [0, 0.05) is 5.56 Å². The fourth-order valence-electron chi connectivity index (χ4n) is 3.74. The van der Waals surface area contributed by atoms with Gasteiger partial charge in [-0.1, -0.05) is 45.5 Å². The summed E-state index contributed by atoms with van der Waals surface area (Å²) >= 11 is 0. The normalized spacial score (nSPS) is 13.1. The molecule has 1 aromatic heterocycles. The number of para-hydroxylation sites is 1. The van der Waals surface area contributed by atoms with Crippen LogP contribution in [0.5, 0.6) is 5.75 Å². The van der Waals surface area contributed by atoms with Crippen LogP contribution in [0.25, 0.3) is 17.1 Å². The number of benzene rings is 2. The SMILES string of the molecule is C.CC(C)c1ccc(-n2c(-c3ccccc3O)nc3c(c2=O)CCCC3)cc1. The van der Waals surface area contributed by atoms with Gasteiger partial charge < -0.3 is 5.11 Å². The van der Waals surface area contributed by atoms with E-state index in [1.165, 1.54) is 5.56 Å². The molecule has 0 saturated carbocycles. The van der Waals surface area contributed by atoms with Gasteiger partial charge in [-0.3, -0.25) is 9.36 Å². The standard InChI is InChI=1S/C23H24N2O2.CH4/c1-15(2)16-11-13-17(14-12-16)25-22(19-8-4-6-10-21(19)26)24-20-9-5-3-7-18(20)23(25)27;/h4,6,8,10-15,26H,3,5,7,9H2,1-2H3;1H4. The Labute approximate surface area is 166 Å². The largest absolute Gasteiger partial charge is 0.507 e. The van der Waals surface area contributed by atoms with Gasteiger partial charge in [-0.05, 0) is 61.4 Å². The van der Waals surface area contributed by atoms with Gasteiger partial charge in [0.25, 0.3) is 5.56 Å². The smallest absolute Gasteiger partial charge is 0.261 e. The maximum Gasteiger partial charge on any atom is 0.261 e. The van der Waals surface area contributed by atoms with Crippen LogP contribution in [0.3, 0.4) is 0 Å². The molecule has 2 aromatic carbocycles. The van der Waals surface area contributed by atoms with Crippen molar-refractivity contribution in [3.8, 4) is 22.8 Å². The molecule has 0 unspecified atom stereocenters. The quantitative estimate of drug-likeness (QED) is 0.680. The summed E-state index contributed by atoms with van der Waals surface area (Å²) in [4.78, 5) is 18.2. The van der Waals surface area contributed by atoms with Crippen LogP contribution in [0.1, 0.15) is 56.9 Å². The highest BCUT2D eigenvalue weighted by molar-refractivity contribution is 5.66. The fourth-order valence-corrected chi connectivity index (χ4v) is 3.74. The summed E-state index contributed by atoms with van der Waals surface area (Å²) in [6.45, 7) is 4.30. The first-order valence-corrected chi connectivity index (χ1v) is 9.59. The van der Waals surface area contributed by atoms with Crippen LogP contribution < -0.4 is 5.56 Å². The van der Waals surface area contributed by atoms with Crippen molar-refractivity contribution < 1.29 is 5.11 Å². The van der Waals surface area contributed by atoms with Crippen LogP contribution in [-0.4, -0.2) is 14.7 Å². The Bertz CT molecular complexity index is 1030. The molecular formula is C24H28N2O2. The van der Waals surface area contributed by atoms with E-state index >= 15 is 0 Å². The Balaban J connectivity index is 0.00000225. The van der Waals surface area contributed by atoms with E-state index < -0.39 is 0 Å². The van der Waals surface area contributed by atoms with Crippen LogP contribution in [-0.2, 0) is 12.8 Å². The maximum absolute atomic E-state index is 13.4. The van der Waals surface area contributed by atoms with E-state index in [9.17, 15) is 9.90 Å². The zero-order valence-electron chi connectivity index (χ0n) is 15.8. The van der Waals surface area contributed by atoms with Crippen LogP contribution in [0.2, 0.25) is 0 Å². The van der Waals surface area contributed by atoms with Gasteiger partial charge in [0.05, 0.1) is 16.9 Å². The van der Waals surface area contributed by atoms with Crippen LogP contribution in [0.15, 0.2) is 53.3 Å². The molecule has 4 nitrogen and oxygen atoms in total. The number of aryl methyl sites for hydroxylation is 1. The van der Waals surface area contributed by atoms with Crippen molar-refractivity contribution in [2.24, 2.45) is 0 Å². The first-order chi connectivity index (χ1) is 13.1. The molecule has 1 heterocycles. The number of aromatic nitrogens is 2. The molecule has 0 fully saturated rings. The van der Waals surface area contributed by atoms with E-state index in [1.807, 2.05) is 24.3 Å². The minimum absolute atomic E-state index is 0. The van der Waals surface area contributed by atoms with E-state index in [1.54, 1.807) is 16.7 Å². The monoisotopic (exact) mass is 376 g/mol. The predicted octanol–water partition coefficient (Wildman–Crippen LogP) is 5.24. The molecule has 0 aliphatic heterocycles. The van der Waals surface area contributed by atoms with Gasteiger partial charge in [0.2, 0.25) is 0 Å². The maximum atomic E-state index is 13.4. The van der Waals surface area contributed by atoms with Crippen molar-refractivity contribution >= 4 is 0 Å². The molecule has 0 spiro atoms. The second-order valence-corrected chi connectivity index (χ2v) is 7.47. The average molecular weight is 377 g/mol. The van der Waals surface area contributed by atoms with E-state index in [-0.39, 0.29) is 18.7 Å². The second kappa shape index (κ2) is 8.01. The molecule has 0 radical (unpaired) electrons. The highest BCUT2D eigenvalue weighted by Crippen LogP contribution is 2.30. The predicted molar refractivity (Wildman–Crippen MR) is 114 cm³/mol. The summed E-state index contributed by atoms with van der Waals surface area (Å²) < 4.78 is 1.66. The molecule has 4 rings (SSSR count). The lowest BCUT2D eigenvalue weighted by atomic mass is 9.96. The van der Waals surface area contributed by atoms with Crippen LogP contribution in [0, 0.1) is 0 Å². The number of fused-ring (bicyclic) bond motifs is 1. The molecule has 0 amide bonds. The second-order valence-electron chi connectivity index (χ2n) is 7.47. The Morgan fingerprint density at radius 1 is 1.00 bits per heavy atom. The minimum atomic E-state index is -0.0183. The van der Waals surface area contributed by atoms with Gasteiger partial charge >= 0.3 is 0 Å². The molecule has 1 N–H and O–H groups in total. The first kappa shape index (κ1) is 19.9. The molecule has 146 valence electrons. The molecule has 0 atom stereocenters. The number of nitrogens with zero attached hydrogens (tertiary/aromatic N) is 2. The molecular weight excluding hydrogens is 348 g/mol. The van der Waals surface area contributed by atoms with Crippen molar-refractivity contribution in [3.05, 3.63) is 75.7 Å². The minimum Gasteiger partial charge on any atom is -0.507 e. The van der Waals surface area contributed by atoms with Gasteiger partial charge in [-0.15, -0.1) is 0 Å². The Morgan fingerprint density at radius 2 is 1.68 bits per heavy atom. The summed E-state index contributed by atoms with van der Waals surface area (Å²) in [5.41, 5.74) is 4.25. The molecule has 0 bridgehead atoms. The van der Waals surface area contributed by atoms with Crippen molar-refractivity contribution in [3.63, 3.8) is 0 Å². The van der Waals surface area contributed by atoms with E-state index in [0.29, 0.717) is 17.3 Å². The topological polar surface area (TPSA) is 55.1 Å². The summed E-state index contributed by atoms with van der Waals surface area (Å²) in [6, 6.07) is 15.1. The molecule has 1 aliphatic rings. The van der Waals surface area contributed by atoms with Crippen molar-refractivity contribution in [2.45, 2.75) is 52.9 Å². The highest BCUT2D eigenvalue weighted by atomic mass is 16.3. The lowest BCUT2D eigenvalue weighted by Crippen LogP contribution is -2.29. The number of phenols is 1. The third-order valence-corrected chi connectivity index (χ3v) is 5.32. The van der Waals surface area contributed by atoms with Crippen molar-refractivity contribution in [2.75, 3.05) is 0 Å². The number of hydrogen-bond acceptors (Lipinski definition) is 3. The zero-order chi connectivity index (χ0) is 19.0. The first-order valence-electron chi connectivity index (χ1n) is 9.59. The third kappa shape index (κ3) is 3.47. The Hall–Kier alpha value is -2.88. The van der Waals surface area contributed by atoms with Gasteiger partial charge in [0.15, 0.2) is 5.82 Å². The number of rotatable bonds is 3. The lowest BCUT2D eigenvalue weighted by Gasteiger charge is -2.20. The average Bonchev–Trinajstić information content (AvgIpc) is 2.68. The molecule has 1 aliphatic carbocycles. The van der Waals surface area contributed by atoms with Crippen molar-refractivity contribution in [1.82, 2.24) is 9.55 Å². The highest BCUT2D eigenvalue weighted by Gasteiger charge is 2.22. The summed E-state index contributed by atoms with van der Waals surface area (Å²) in [7, 11) is 0. The Morgan fingerprint density at radius 3 is 2.36 bits per heavy atom. The Kier molecular flexibility index (Phi) is 5.68. The third-order valence-electron chi connectivity index (χ3n) is 5.32. The van der Waals surface area contributed by atoms with Crippen molar-refractivity contribution in [1.29, 1.82) is 0 Å². The van der Waals surface area contributed by atoms with E-state index in [0.717, 1.165) is 42.6 Å². The molecule has 3 aromatic rings. The lowest BCUT2D eigenvalue weighted by molar-refractivity contribution is 0.476. The molecule has 0 saturated heterocycles. The zero-order valence-corrected chi connectivity index (χ0v) is 15.8. The summed E-state index contributed by atoms with van der Waals surface area (Å²) in [5.74, 6) is 1.07. The van der Waals surface area contributed by atoms with Crippen LogP contribution >= 0.6 is 0 Å². The molecule has 28 heavy (non-hydrogen) atoms. The number of aromatic hydroxyl groups is 1. The summed E-state index contributed by atoms with van der Waals surface area (Å²) in [6.07, 6.45) is 3.66. The number of phenolic OH excluding ortho intramolecular Hbond substituents is 1. The van der Waals surface area contributed by atoms with Gasteiger partial charge in [0.1, 0.15) is 5.75 Å². The van der Waals surface area contributed by atoms with Crippen LogP contribution in [0.4, 0.5) is 0 Å². The van der Waals surface area contributed by atoms with E-state index in [2.05, 4.69) is 26.0 Å². The van der Waals surface area contributed by atoms with E-state index in [4.69, 9.17) is 4.98 Å². The summed E-state index contributed by atoms with van der Waals surface area (Å²) in [5, 5.41) is 10.4. The van der Waals surface area contributed by atoms with Gasteiger partial charge in [-0.2, -0.15) is 0 Å². The number of hydrogen-bond donors (Lipinski definition) is 1. The fraction of sp³-hybridized carbons (Fsp3) is 0.333. The van der Waals surface area contributed by atoms with Gasteiger partial charge in [-0.25, -0.2) is 4.98 Å². The molecule has 4 heteroatoms.